The number of carboxylic acid groups (broad SMARTS) is 1. The first-order chi connectivity index (χ1) is 10.0. The van der Waals surface area contributed by atoms with Crippen molar-refractivity contribution < 1.29 is 19.0 Å². The van der Waals surface area contributed by atoms with Crippen molar-refractivity contribution in [2.45, 2.75) is 6.54 Å². The van der Waals surface area contributed by atoms with Gasteiger partial charge in [-0.1, -0.05) is 6.07 Å². The van der Waals surface area contributed by atoms with Gasteiger partial charge in [0.15, 0.2) is 0 Å². The number of aromatic carboxylic acids is 1. The largest absolute Gasteiger partial charge is 0.495 e. The van der Waals surface area contributed by atoms with E-state index in [1.165, 1.54) is 12.1 Å². The molecule has 110 valence electrons. The van der Waals surface area contributed by atoms with Crippen LogP contribution in [0, 0.1) is 5.82 Å². The first kappa shape index (κ1) is 15.3. The van der Waals surface area contributed by atoms with Gasteiger partial charge in [0.05, 0.1) is 17.1 Å². The van der Waals surface area contributed by atoms with Gasteiger partial charge >= 0.3 is 5.97 Å². The molecule has 2 N–H and O–H groups in total. The van der Waals surface area contributed by atoms with Gasteiger partial charge in [0.2, 0.25) is 0 Å². The molecule has 0 saturated heterocycles. The van der Waals surface area contributed by atoms with E-state index >= 15 is 0 Å². The number of benzene rings is 2. The molecule has 0 amide bonds. The quantitative estimate of drug-likeness (QED) is 0.855. The van der Waals surface area contributed by atoms with Crippen molar-refractivity contribution in [1.29, 1.82) is 0 Å². The summed E-state index contributed by atoms with van der Waals surface area (Å²) in [6.07, 6.45) is 0. The molecule has 0 unspecified atom stereocenters. The molecule has 4 nitrogen and oxygen atoms in total. The van der Waals surface area contributed by atoms with Gasteiger partial charge in [0.1, 0.15) is 11.6 Å². The molecule has 0 radical (unpaired) electrons. The van der Waals surface area contributed by atoms with Crippen LogP contribution >= 0.6 is 15.9 Å². The number of halogens is 2. The van der Waals surface area contributed by atoms with Gasteiger partial charge in [-0.3, -0.25) is 0 Å². The number of nitrogens with one attached hydrogen (secondary N) is 1. The number of ether oxygens (including phenoxy) is 1. The fourth-order valence-electron chi connectivity index (χ4n) is 1.82. The molecule has 0 heterocycles. The van der Waals surface area contributed by atoms with Gasteiger partial charge in [-0.15, -0.1) is 0 Å². The molecule has 0 aromatic heterocycles. The lowest BCUT2D eigenvalue weighted by molar-refractivity contribution is 0.0692. The highest BCUT2D eigenvalue weighted by Crippen LogP contribution is 2.28. The van der Waals surface area contributed by atoms with Crippen LogP contribution in [0.1, 0.15) is 15.9 Å². The Morgan fingerprint density at radius 3 is 2.71 bits per heavy atom. The minimum Gasteiger partial charge on any atom is -0.495 e. The molecule has 0 atom stereocenters. The topological polar surface area (TPSA) is 58.6 Å². The molecule has 0 fully saturated rings. The Kier molecular flexibility index (Phi) is 4.80. The van der Waals surface area contributed by atoms with E-state index < -0.39 is 11.8 Å². The van der Waals surface area contributed by atoms with Crippen LogP contribution in [0.25, 0.3) is 0 Å². The number of hydrogen-bond donors (Lipinski definition) is 2. The first-order valence-electron chi connectivity index (χ1n) is 6.10. The van der Waals surface area contributed by atoms with Crippen LogP contribution in [0.2, 0.25) is 0 Å². The highest BCUT2D eigenvalue weighted by Gasteiger charge is 2.10. The van der Waals surface area contributed by atoms with Crippen LogP contribution in [0.5, 0.6) is 5.75 Å². The van der Waals surface area contributed by atoms with Crippen molar-refractivity contribution in [2.75, 3.05) is 12.4 Å². The Morgan fingerprint density at radius 1 is 1.33 bits per heavy atom. The zero-order chi connectivity index (χ0) is 15.4. The lowest BCUT2D eigenvalue weighted by Gasteiger charge is -2.10. The second-order valence-corrected chi connectivity index (χ2v) is 5.18. The van der Waals surface area contributed by atoms with Crippen molar-refractivity contribution in [3.8, 4) is 5.75 Å². The molecule has 0 aliphatic carbocycles. The van der Waals surface area contributed by atoms with Crippen LogP contribution in [0.4, 0.5) is 10.1 Å². The maximum Gasteiger partial charge on any atom is 0.338 e. The minimum atomic E-state index is -1.27. The Morgan fingerprint density at radius 2 is 2.10 bits per heavy atom. The molecule has 0 bridgehead atoms. The van der Waals surface area contributed by atoms with Crippen molar-refractivity contribution in [1.82, 2.24) is 0 Å². The fourth-order valence-corrected chi connectivity index (χ4v) is 2.22. The summed E-state index contributed by atoms with van der Waals surface area (Å²) < 4.78 is 19.6. The summed E-state index contributed by atoms with van der Waals surface area (Å²) >= 11 is 3.36. The molecule has 2 aromatic rings. The maximum absolute atomic E-state index is 13.6. The van der Waals surface area contributed by atoms with Gasteiger partial charge < -0.3 is 15.2 Å². The summed E-state index contributed by atoms with van der Waals surface area (Å²) in [5.41, 5.74) is 1.14. The van der Waals surface area contributed by atoms with Crippen LogP contribution in [0.3, 0.4) is 0 Å². The average molecular weight is 354 g/mol. The lowest BCUT2D eigenvalue weighted by atomic mass is 10.1. The Bertz CT molecular complexity index is 676. The second kappa shape index (κ2) is 6.58. The maximum atomic E-state index is 13.6. The van der Waals surface area contributed by atoms with Crippen LogP contribution < -0.4 is 10.1 Å². The van der Waals surface area contributed by atoms with E-state index in [0.29, 0.717) is 17.9 Å². The Labute approximate surface area is 129 Å². The SMILES string of the molecule is COc1cc(NCc2ccc(C(=O)O)c(F)c2)ccc1Br. The fraction of sp³-hybridized carbons (Fsp3) is 0.133. The zero-order valence-electron chi connectivity index (χ0n) is 11.2. The molecule has 0 aliphatic heterocycles. The van der Waals surface area contributed by atoms with Crippen LogP contribution in [0.15, 0.2) is 40.9 Å². The van der Waals surface area contributed by atoms with E-state index in [1.807, 2.05) is 18.2 Å². The summed E-state index contributed by atoms with van der Waals surface area (Å²) in [5.74, 6) is -1.33. The molecule has 6 heteroatoms. The van der Waals surface area contributed by atoms with Crippen LogP contribution in [-0.4, -0.2) is 18.2 Å². The first-order valence-corrected chi connectivity index (χ1v) is 6.89. The predicted octanol–water partition coefficient (Wildman–Crippen LogP) is 3.91. The molecule has 21 heavy (non-hydrogen) atoms. The smallest absolute Gasteiger partial charge is 0.338 e. The van der Waals surface area contributed by atoms with Crippen molar-refractivity contribution in [2.24, 2.45) is 0 Å². The van der Waals surface area contributed by atoms with E-state index in [9.17, 15) is 9.18 Å². The number of hydrogen-bond acceptors (Lipinski definition) is 3. The summed E-state index contributed by atoms with van der Waals surface area (Å²) in [4.78, 5) is 10.7. The number of carbonyl (C=O) groups is 1. The summed E-state index contributed by atoms with van der Waals surface area (Å²) in [7, 11) is 1.57. The highest BCUT2D eigenvalue weighted by molar-refractivity contribution is 9.10. The van der Waals surface area contributed by atoms with Gasteiger partial charge in [0.25, 0.3) is 0 Å². The van der Waals surface area contributed by atoms with Crippen LogP contribution in [-0.2, 0) is 6.54 Å². The monoisotopic (exact) mass is 353 g/mol. The van der Waals surface area contributed by atoms with Crippen molar-refractivity contribution in [3.05, 3.63) is 57.8 Å². The number of anilines is 1. The molecular formula is C15H13BrFNO3. The van der Waals surface area contributed by atoms with Crippen molar-refractivity contribution in [3.63, 3.8) is 0 Å². The molecule has 0 saturated carbocycles. The molecule has 0 spiro atoms. The normalized spacial score (nSPS) is 10.2. The Balaban J connectivity index is 2.09. The zero-order valence-corrected chi connectivity index (χ0v) is 12.8. The molecule has 0 aliphatic rings. The van der Waals surface area contributed by atoms with Gasteiger partial charge in [0, 0.05) is 18.3 Å². The second-order valence-electron chi connectivity index (χ2n) is 4.32. The Hall–Kier alpha value is -2.08. The summed E-state index contributed by atoms with van der Waals surface area (Å²) in [6.45, 7) is 0.377. The van der Waals surface area contributed by atoms with Gasteiger partial charge in [-0.05, 0) is 45.8 Å². The third kappa shape index (κ3) is 3.72. The van der Waals surface area contributed by atoms with E-state index in [2.05, 4.69) is 21.2 Å². The average Bonchev–Trinajstić information content (AvgIpc) is 2.46. The minimum absolute atomic E-state index is 0.330. The third-order valence-electron chi connectivity index (χ3n) is 2.91. The molecular weight excluding hydrogens is 341 g/mol. The predicted molar refractivity (Wildman–Crippen MR) is 81.4 cm³/mol. The third-order valence-corrected chi connectivity index (χ3v) is 3.57. The number of rotatable bonds is 5. The standard InChI is InChI=1S/C15H13BrFNO3/c1-21-14-7-10(3-5-12(14)16)18-8-9-2-4-11(15(19)20)13(17)6-9/h2-7,18H,8H2,1H3,(H,19,20). The van der Waals surface area contributed by atoms with E-state index in [0.717, 1.165) is 10.2 Å². The van der Waals surface area contributed by atoms with E-state index in [-0.39, 0.29) is 5.56 Å². The van der Waals surface area contributed by atoms with Gasteiger partial charge in [-0.2, -0.15) is 0 Å². The number of carboxylic acids is 1. The highest BCUT2D eigenvalue weighted by atomic mass is 79.9. The summed E-state index contributed by atoms with van der Waals surface area (Å²) in [5, 5.41) is 11.9. The van der Waals surface area contributed by atoms with E-state index in [1.54, 1.807) is 13.2 Å². The van der Waals surface area contributed by atoms with E-state index in [4.69, 9.17) is 9.84 Å². The van der Waals surface area contributed by atoms with Crippen molar-refractivity contribution >= 4 is 27.6 Å². The molecule has 2 rings (SSSR count). The lowest BCUT2D eigenvalue weighted by Crippen LogP contribution is -2.04. The number of methoxy groups -OCH3 is 1. The summed E-state index contributed by atoms with van der Waals surface area (Å²) in [6, 6.07) is 9.56. The van der Waals surface area contributed by atoms with Gasteiger partial charge in [-0.25, -0.2) is 9.18 Å². The molecule has 2 aromatic carbocycles.